The van der Waals surface area contributed by atoms with Crippen LogP contribution in [0.3, 0.4) is 0 Å². The molecule has 0 aliphatic carbocycles. The molecule has 0 atom stereocenters. The maximum Gasteiger partial charge on any atom is 0.0922 e. The minimum Gasteiger partial charge on any atom is -0.256 e. The molecule has 12 aromatic rings. The van der Waals surface area contributed by atoms with Gasteiger partial charge in [0.05, 0.1) is 33.8 Å². The first-order chi connectivity index (χ1) is 34.6. The molecule has 0 N–H and O–H groups in total. The zero-order chi connectivity index (χ0) is 46.8. The number of para-hydroxylation sites is 2. The first-order valence-electron chi connectivity index (χ1n) is 24.1. The number of nitrogens with zero attached hydrogens (tertiary/aromatic N) is 4. The van der Waals surface area contributed by atoms with Crippen LogP contribution in [0.25, 0.3) is 98.4 Å². The molecule has 0 unspecified atom stereocenters. The summed E-state index contributed by atoms with van der Waals surface area (Å²) in [6, 6.07) is 76.9. The third kappa shape index (κ3) is 8.80. The number of rotatable bonds is 12. The fourth-order valence-electron chi connectivity index (χ4n) is 9.93. The average Bonchev–Trinajstić information content (AvgIpc) is 3.80. The molecule has 0 bridgehead atoms. The number of fused-ring (bicyclic) bond motifs is 4. The number of benzene rings is 8. The zero-order valence-corrected chi connectivity index (χ0v) is 39.7. The molecular weight excluding hydrogens is 869 g/mol. The summed E-state index contributed by atoms with van der Waals surface area (Å²) >= 11 is 1.86. The van der Waals surface area contributed by atoms with E-state index in [9.17, 15) is 0 Å². The van der Waals surface area contributed by atoms with Crippen LogP contribution in [0.1, 0.15) is 27.9 Å². The second-order valence-corrected chi connectivity index (χ2v) is 19.2. The van der Waals surface area contributed by atoms with E-state index in [1.54, 1.807) is 0 Å². The van der Waals surface area contributed by atoms with Crippen molar-refractivity contribution in [2.45, 2.75) is 32.6 Å². The van der Waals surface area contributed by atoms with E-state index in [0.29, 0.717) is 0 Å². The van der Waals surface area contributed by atoms with Crippen molar-refractivity contribution < 1.29 is 0 Å². The molecule has 0 spiro atoms. The van der Waals surface area contributed by atoms with E-state index in [1.165, 1.54) is 75.8 Å². The third-order valence-corrected chi connectivity index (χ3v) is 14.7. The third-order valence-electron chi connectivity index (χ3n) is 13.5. The van der Waals surface area contributed by atoms with Gasteiger partial charge in [0.25, 0.3) is 0 Å². The van der Waals surface area contributed by atoms with Gasteiger partial charge in [-0.1, -0.05) is 158 Å². The van der Waals surface area contributed by atoms with Gasteiger partial charge in [-0.25, -0.2) is 9.97 Å². The van der Waals surface area contributed by atoms with Gasteiger partial charge >= 0.3 is 0 Å². The predicted molar refractivity (Wildman–Crippen MR) is 293 cm³/mol. The Kier molecular flexibility index (Phi) is 11.6. The molecule has 70 heavy (non-hydrogen) atoms. The molecule has 0 amide bonds. The molecule has 334 valence electrons. The molecule has 0 saturated carbocycles. The summed E-state index contributed by atoms with van der Waals surface area (Å²) in [6.45, 7) is 2.07. The number of hydrogen-bond donors (Lipinski definition) is 0. The highest BCUT2D eigenvalue weighted by Gasteiger charge is 2.18. The molecule has 0 fully saturated rings. The molecule has 4 heterocycles. The normalized spacial score (nSPS) is 11.4. The number of thiophene rings is 1. The van der Waals surface area contributed by atoms with E-state index >= 15 is 0 Å². The second-order valence-electron chi connectivity index (χ2n) is 18.1. The fraction of sp³-hybridized carbons (Fsp3) is 0.0769. The van der Waals surface area contributed by atoms with Crippen molar-refractivity contribution in [2.75, 3.05) is 0 Å². The largest absolute Gasteiger partial charge is 0.256 e. The van der Waals surface area contributed by atoms with E-state index < -0.39 is 0 Å². The standard InChI is InChI=1S/C65H48N4S/c1-43-65(69-62-18-6-5-17-61(62)68-43)51-33-34-55(58(41-51)50-32-35-57-56-14-4-7-19-63(56)70-64(57)42-50)54-13-3-2-12-53(54)52-39-46(22-20-44-24-28-48(29-25-44)59-15-8-10-36-66-59)38-47(40-52)23-21-45-26-30-49(31-27-45)60-16-9-11-37-67-60/h2-19,24-42H,20-23H2,1H3. The summed E-state index contributed by atoms with van der Waals surface area (Å²) in [4.78, 5) is 19.3. The second kappa shape index (κ2) is 19.0. The predicted octanol–water partition coefficient (Wildman–Crippen LogP) is 16.7. The molecule has 4 aromatic heterocycles. The molecule has 4 nitrogen and oxygen atoms in total. The smallest absolute Gasteiger partial charge is 0.0922 e. The lowest BCUT2D eigenvalue weighted by Crippen LogP contribution is -1.98. The van der Waals surface area contributed by atoms with Crippen LogP contribution in [0, 0.1) is 6.92 Å². The van der Waals surface area contributed by atoms with Crippen molar-refractivity contribution in [1.29, 1.82) is 0 Å². The Morgan fingerprint density at radius 3 is 1.53 bits per heavy atom. The Labute approximate surface area is 412 Å². The summed E-state index contributed by atoms with van der Waals surface area (Å²) in [5.74, 6) is 0. The van der Waals surface area contributed by atoms with Crippen LogP contribution in [-0.4, -0.2) is 19.9 Å². The Hall–Kier alpha value is -8.38. The van der Waals surface area contributed by atoms with Crippen LogP contribution >= 0.6 is 11.3 Å². The highest BCUT2D eigenvalue weighted by Crippen LogP contribution is 2.43. The summed E-state index contributed by atoms with van der Waals surface area (Å²) in [6.07, 6.45) is 7.42. The van der Waals surface area contributed by atoms with E-state index in [1.807, 2.05) is 72.3 Å². The zero-order valence-electron chi connectivity index (χ0n) is 38.9. The highest BCUT2D eigenvalue weighted by atomic mass is 32.1. The lowest BCUT2D eigenvalue weighted by molar-refractivity contribution is 0.931. The monoisotopic (exact) mass is 916 g/mol. The van der Waals surface area contributed by atoms with Crippen LogP contribution < -0.4 is 0 Å². The fourth-order valence-corrected chi connectivity index (χ4v) is 11.1. The first-order valence-corrected chi connectivity index (χ1v) is 24.9. The SMILES string of the molecule is Cc1nc2ccccc2nc1-c1ccc(-c2ccccc2-c2cc(CCc3ccc(-c4ccccn4)cc3)cc(CCc3ccc(-c4ccccn4)cc3)c2)c(-c2ccc3c(c2)sc2ccccc23)c1. The van der Waals surface area contributed by atoms with Gasteiger partial charge < -0.3 is 0 Å². The van der Waals surface area contributed by atoms with Crippen molar-refractivity contribution in [3.05, 3.63) is 253 Å². The summed E-state index contributed by atoms with van der Waals surface area (Å²) < 4.78 is 2.58. The van der Waals surface area contributed by atoms with Crippen molar-refractivity contribution in [1.82, 2.24) is 19.9 Å². The Morgan fingerprint density at radius 1 is 0.343 bits per heavy atom. The van der Waals surface area contributed by atoms with Crippen molar-refractivity contribution in [3.63, 3.8) is 0 Å². The number of pyridine rings is 2. The van der Waals surface area contributed by atoms with Gasteiger partial charge in [0.15, 0.2) is 0 Å². The van der Waals surface area contributed by atoms with Crippen LogP contribution in [0.5, 0.6) is 0 Å². The molecule has 8 aromatic carbocycles. The van der Waals surface area contributed by atoms with Gasteiger partial charge in [0.2, 0.25) is 0 Å². The number of hydrogen-bond acceptors (Lipinski definition) is 5. The topological polar surface area (TPSA) is 51.6 Å². The molecule has 0 aliphatic heterocycles. The Bertz CT molecular complexity index is 3720. The number of aryl methyl sites for hydroxylation is 5. The van der Waals surface area contributed by atoms with Crippen LogP contribution in [0.2, 0.25) is 0 Å². The van der Waals surface area contributed by atoms with Gasteiger partial charge in [-0.15, -0.1) is 11.3 Å². The summed E-state index contributed by atoms with van der Waals surface area (Å²) in [5.41, 5.74) is 21.4. The van der Waals surface area contributed by atoms with Gasteiger partial charge in [0.1, 0.15) is 0 Å². The van der Waals surface area contributed by atoms with Crippen molar-refractivity contribution in [2.24, 2.45) is 0 Å². The minimum atomic E-state index is 0.893. The van der Waals surface area contributed by atoms with Gasteiger partial charge in [-0.3, -0.25) is 9.97 Å². The summed E-state index contributed by atoms with van der Waals surface area (Å²) in [7, 11) is 0. The maximum absolute atomic E-state index is 5.19. The lowest BCUT2D eigenvalue weighted by Gasteiger charge is -2.18. The molecule has 5 heteroatoms. The van der Waals surface area contributed by atoms with Gasteiger partial charge in [-0.2, -0.15) is 0 Å². The van der Waals surface area contributed by atoms with Crippen LogP contribution in [0.15, 0.2) is 225 Å². The van der Waals surface area contributed by atoms with E-state index in [-0.39, 0.29) is 0 Å². The Balaban J connectivity index is 0.945. The molecule has 0 saturated heterocycles. The van der Waals surface area contributed by atoms with Crippen LogP contribution in [-0.2, 0) is 25.7 Å². The first kappa shape index (κ1) is 42.9. The number of aromatic nitrogens is 4. The quantitative estimate of drug-likeness (QED) is 0.123. The van der Waals surface area contributed by atoms with Crippen LogP contribution in [0.4, 0.5) is 0 Å². The summed E-state index contributed by atoms with van der Waals surface area (Å²) in [5, 5.41) is 2.59. The van der Waals surface area contributed by atoms with Crippen molar-refractivity contribution >= 4 is 42.5 Å². The highest BCUT2D eigenvalue weighted by molar-refractivity contribution is 7.25. The average molecular weight is 917 g/mol. The van der Waals surface area contributed by atoms with Crippen molar-refractivity contribution in [3.8, 4) is 67.2 Å². The van der Waals surface area contributed by atoms with E-state index in [4.69, 9.17) is 9.97 Å². The van der Waals surface area contributed by atoms with E-state index in [2.05, 4.69) is 181 Å². The molecule has 12 rings (SSSR count). The molecule has 0 aliphatic rings. The minimum absolute atomic E-state index is 0.893. The maximum atomic E-state index is 5.19. The molecular formula is C65H48N4S. The molecule has 0 radical (unpaired) electrons. The lowest BCUT2D eigenvalue weighted by atomic mass is 9.86. The van der Waals surface area contributed by atoms with Gasteiger partial charge in [-0.05, 0) is 143 Å². The van der Waals surface area contributed by atoms with Gasteiger partial charge in [0, 0.05) is 49.3 Å². The van der Waals surface area contributed by atoms with E-state index in [0.717, 1.165) is 76.2 Å². The Morgan fingerprint density at radius 2 is 0.871 bits per heavy atom.